The van der Waals surface area contributed by atoms with Crippen molar-refractivity contribution in [3.8, 4) is 0 Å². The van der Waals surface area contributed by atoms with Crippen LogP contribution in [-0.4, -0.2) is 43.5 Å². The average Bonchev–Trinajstić information content (AvgIpc) is 2.98. The lowest BCUT2D eigenvalue weighted by Gasteiger charge is -2.17. The summed E-state index contributed by atoms with van der Waals surface area (Å²) in [6, 6.07) is 12.8. The van der Waals surface area contributed by atoms with E-state index in [1.807, 2.05) is 0 Å². The standard InChI is InChI=1S/C18H21F2NOS/c1-23-16-7-3-6-13-4-2-5-14(17(13)16)8-10-21-11-9-15(12-21)22-18(19)20/h2-7,15,18H,8-12H2,1H3/t15-/m0/s1. The van der Waals surface area contributed by atoms with Crippen LogP contribution in [0.25, 0.3) is 10.8 Å². The number of benzene rings is 2. The highest BCUT2D eigenvalue weighted by molar-refractivity contribution is 7.98. The van der Waals surface area contributed by atoms with Crippen molar-refractivity contribution in [2.75, 3.05) is 25.9 Å². The van der Waals surface area contributed by atoms with Crippen molar-refractivity contribution in [3.63, 3.8) is 0 Å². The van der Waals surface area contributed by atoms with Crippen LogP contribution in [0, 0.1) is 0 Å². The highest BCUT2D eigenvalue weighted by atomic mass is 32.2. The minimum Gasteiger partial charge on any atom is -0.318 e. The second kappa shape index (κ2) is 7.60. The van der Waals surface area contributed by atoms with E-state index in [1.54, 1.807) is 11.8 Å². The van der Waals surface area contributed by atoms with Gasteiger partial charge in [0.2, 0.25) is 0 Å². The van der Waals surface area contributed by atoms with E-state index in [0.29, 0.717) is 13.0 Å². The van der Waals surface area contributed by atoms with Gasteiger partial charge >= 0.3 is 6.61 Å². The number of ether oxygens (including phenoxy) is 1. The topological polar surface area (TPSA) is 12.5 Å². The number of halogens is 2. The zero-order valence-electron chi connectivity index (χ0n) is 13.2. The Morgan fingerprint density at radius 2 is 2.04 bits per heavy atom. The third kappa shape index (κ3) is 4.03. The summed E-state index contributed by atoms with van der Waals surface area (Å²) in [6.07, 6.45) is 3.38. The SMILES string of the molecule is CSc1cccc2cccc(CCN3CC[C@H](OC(F)F)C3)c12. The normalized spacial score (nSPS) is 19.0. The second-order valence-electron chi connectivity index (χ2n) is 5.83. The van der Waals surface area contributed by atoms with E-state index in [-0.39, 0.29) is 6.10 Å². The van der Waals surface area contributed by atoms with Crippen LogP contribution in [0.1, 0.15) is 12.0 Å². The second-order valence-corrected chi connectivity index (χ2v) is 6.68. The summed E-state index contributed by atoms with van der Waals surface area (Å²) in [6.45, 7) is -0.352. The summed E-state index contributed by atoms with van der Waals surface area (Å²) >= 11 is 1.76. The van der Waals surface area contributed by atoms with E-state index in [4.69, 9.17) is 0 Å². The third-order valence-corrected chi connectivity index (χ3v) is 5.17. The molecule has 1 aliphatic heterocycles. The number of nitrogens with zero attached hydrogens (tertiary/aromatic N) is 1. The Bertz CT molecular complexity index is 659. The van der Waals surface area contributed by atoms with Crippen molar-refractivity contribution in [2.45, 2.75) is 30.5 Å². The molecule has 1 fully saturated rings. The maximum Gasteiger partial charge on any atom is 0.345 e. The molecule has 0 radical (unpaired) electrons. The van der Waals surface area contributed by atoms with Gasteiger partial charge in [0, 0.05) is 24.5 Å². The van der Waals surface area contributed by atoms with Gasteiger partial charge in [-0.3, -0.25) is 0 Å². The van der Waals surface area contributed by atoms with Crippen LogP contribution in [0.3, 0.4) is 0 Å². The highest BCUT2D eigenvalue weighted by Crippen LogP contribution is 2.30. The summed E-state index contributed by atoms with van der Waals surface area (Å²) in [5.74, 6) is 0. The maximum absolute atomic E-state index is 12.3. The Labute approximate surface area is 139 Å². The first-order valence-electron chi connectivity index (χ1n) is 7.88. The predicted octanol–water partition coefficient (Wildman–Crippen LogP) is 4.42. The Hall–Kier alpha value is -1.17. The number of hydrogen-bond donors (Lipinski definition) is 0. The van der Waals surface area contributed by atoms with E-state index in [1.165, 1.54) is 21.2 Å². The molecule has 0 aliphatic carbocycles. The quantitative estimate of drug-likeness (QED) is 0.724. The van der Waals surface area contributed by atoms with Crippen LogP contribution >= 0.6 is 11.8 Å². The molecule has 0 bridgehead atoms. The molecule has 0 saturated carbocycles. The summed E-state index contributed by atoms with van der Waals surface area (Å²) in [7, 11) is 0. The van der Waals surface area contributed by atoms with Gasteiger partial charge in [-0.15, -0.1) is 11.8 Å². The molecule has 0 unspecified atom stereocenters. The lowest BCUT2D eigenvalue weighted by molar-refractivity contribution is -0.158. The molecule has 0 N–H and O–H groups in total. The van der Waals surface area contributed by atoms with Gasteiger partial charge in [-0.1, -0.05) is 30.3 Å². The minimum absolute atomic E-state index is 0.329. The van der Waals surface area contributed by atoms with Crippen LogP contribution in [0.2, 0.25) is 0 Å². The molecule has 124 valence electrons. The summed E-state index contributed by atoms with van der Waals surface area (Å²) in [5.41, 5.74) is 1.32. The Kier molecular flexibility index (Phi) is 5.51. The Morgan fingerprint density at radius 1 is 1.26 bits per heavy atom. The van der Waals surface area contributed by atoms with Crippen LogP contribution in [-0.2, 0) is 11.2 Å². The Balaban J connectivity index is 1.68. The molecule has 2 aromatic rings. The molecule has 2 nitrogen and oxygen atoms in total. The van der Waals surface area contributed by atoms with Gasteiger partial charge in [0.05, 0.1) is 6.10 Å². The molecule has 0 spiro atoms. The van der Waals surface area contributed by atoms with Crippen LogP contribution in [0.4, 0.5) is 8.78 Å². The lowest BCUT2D eigenvalue weighted by Crippen LogP contribution is -2.26. The van der Waals surface area contributed by atoms with Crippen molar-refractivity contribution < 1.29 is 13.5 Å². The van der Waals surface area contributed by atoms with E-state index in [0.717, 1.165) is 19.5 Å². The first kappa shape index (κ1) is 16.7. The molecule has 3 rings (SSSR count). The van der Waals surface area contributed by atoms with E-state index in [2.05, 4.69) is 52.3 Å². The maximum atomic E-state index is 12.3. The van der Waals surface area contributed by atoms with E-state index in [9.17, 15) is 8.78 Å². The molecule has 0 aromatic heterocycles. The zero-order chi connectivity index (χ0) is 16.2. The monoisotopic (exact) mass is 337 g/mol. The van der Waals surface area contributed by atoms with Gasteiger partial charge in [0.1, 0.15) is 0 Å². The van der Waals surface area contributed by atoms with Crippen LogP contribution < -0.4 is 0 Å². The smallest absolute Gasteiger partial charge is 0.318 e. The molecule has 2 aromatic carbocycles. The first-order valence-corrected chi connectivity index (χ1v) is 9.10. The van der Waals surface area contributed by atoms with Gasteiger partial charge < -0.3 is 9.64 Å². The fourth-order valence-corrected chi connectivity index (χ4v) is 3.96. The minimum atomic E-state index is -2.66. The van der Waals surface area contributed by atoms with Crippen molar-refractivity contribution >= 4 is 22.5 Å². The summed E-state index contributed by atoms with van der Waals surface area (Å²) in [5, 5.41) is 2.58. The molecule has 1 aliphatic rings. The fourth-order valence-electron chi connectivity index (χ4n) is 3.30. The lowest BCUT2D eigenvalue weighted by atomic mass is 10.0. The van der Waals surface area contributed by atoms with Crippen molar-refractivity contribution in [2.24, 2.45) is 0 Å². The molecule has 23 heavy (non-hydrogen) atoms. The van der Waals surface area contributed by atoms with Gasteiger partial charge in [-0.25, -0.2) is 0 Å². The van der Waals surface area contributed by atoms with Gasteiger partial charge in [-0.05, 0) is 41.5 Å². The van der Waals surface area contributed by atoms with Gasteiger partial charge in [-0.2, -0.15) is 8.78 Å². The molecular formula is C18H21F2NOS. The molecular weight excluding hydrogens is 316 g/mol. The number of rotatable bonds is 6. The van der Waals surface area contributed by atoms with E-state index >= 15 is 0 Å². The van der Waals surface area contributed by atoms with Gasteiger partial charge in [0.15, 0.2) is 0 Å². The molecule has 5 heteroatoms. The largest absolute Gasteiger partial charge is 0.345 e. The number of likely N-dealkylation sites (tertiary alicyclic amines) is 1. The third-order valence-electron chi connectivity index (χ3n) is 4.39. The predicted molar refractivity (Wildman–Crippen MR) is 91.4 cm³/mol. The number of alkyl halides is 2. The highest BCUT2D eigenvalue weighted by Gasteiger charge is 2.25. The molecule has 1 heterocycles. The van der Waals surface area contributed by atoms with E-state index < -0.39 is 6.61 Å². The van der Waals surface area contributed by atoms with Crippen molar-refractivity contribution in [3.05, 3.63) is 42.0 Å². The number of fused-ring (bicyclic) bond motifs is 1. The zero-order valence-corrected chi connectivity index (χ0v) is 14.0. The van der Waals surface area contributed by atoms with Crippen LogP contribution in [0.5, 0.6) is 0 Å². The molecule has 0 amide bonds. The first-order chi connectivity index (χ1) is 11.2. The number of hydrogen-bond acceptors (Lipinski definition) is 3. The summed E-state index contributed by atoms with van der Waals surface area (Å²) < 4.78 is 29.2. The van der Waals surface area contributed by atoms with Crippen LogP contribution in [0.15, 0.2) is 41.3 Å². The van der Waals surface area contributed by atoms with Crippen molar-refractivity contribution in [1.29, 1.82) is 0 Å². The number of thioether (sulfide) groups is 1. The molecule has 1 atom stereocenters. The average molecular weight is 337 g/mol. The fraction of sp³-hybridized carbons (Fsp3) is 0.444. The Morgan fingerprint density at radius 3 is 2.78 bits per heavy atom. The van der Waals surface area contributed by atoms with Crippen molar-refractivity contribution in [1.82, 2.24) is 4.90 Å². The summed E-state index contributed by atoms with van der Waals surface area (Å²) in [4.78, 5) is 3.51. The molecule has 1 saturated heterocycles. The van der Waals surface area contributed by atoms with Gasteiger partial charge in [0.25, 0.3) is 0 Å².